The second-order valence-electron chi connectivity index (χ2n) is 8.60. The molecule has 1 aliphatic rings. The molecule has 1 aromatic carbocycles. The predicted octanol–water partition coefficient (Wildman–Crippen LogP) is 2.79. The summed E-state index contributed by atoms with van der Waals surface area (Å²) in [5.41, 5.74) is 3.18. The Labute approximate surface area is 194 Å². The lowest BCUT2D eigenvalue weighted by Crippen LogP contribution is -2.39. The van der Waals surface area contributed by atoms with E-state index in [-0.39, 0.29) is 11.8 Å². The van der Waals surface area contributed by atoms with Crippen molar-refractivity contribution in [3.63, 3.8) is 0 Å². The number of nitrogens with one attached hydrogen (secondary N) is 1. The zero-order valence-corrected chi connectivity index (χ0v) is 19.4. The molecule has 0 radical (unpaired) electrons. The van der Waals surface area contributed by atoms with Crippen LogP contribution in [0.15, 0.2) is 42.9 Å². The van der Waals surface area contributed by atoms with Crippen LogP contribution in [-0.4, -0.2) is 56.4 Å². The number of carbonyl (C=O) groups is 2. The molecule has 0 atom stereocenters. The molecule has 1 N–H and O–H groups in total. The van der Waals surface area contributed by atoms with E-state index in [2.05, 4.69) is 24.8 Å². The number of carbonyl (C=O) groups excluding carboxylic acids is 2. The fourth-order valence-corrected chi connectivity index (χ4v) is 4.31. The number of piperidine rings is 1. The van der Waals surface area contributed by atoms with Gasteiger partial charge in [0.2, 0.25) is 0 Å². The first-order valence-electron chi connectivity index (χ1n) is 11.3. The molecule has 8 nitrogen and oxygen atoms in total. The predicted molar refractivity (Wildman–Crippen MR) is 125 cm³/mol. The molecular formula is C25H30N6O2. The zero-order chi connectivity index (χ0) is 23.4. The number of hydrogen-bond acceptors (Lipinski definition) is 5. The van der Waals surface area contributed by atoms with Crippen molar-refractivity contribution in [3.8, 4) is 0 Å². The monoisotopic (exact) mass is 446 g/mol. The van der Waals surface area contributed by atoms with Gasteiger partial charge in [-0.2, -0.15) is 0 Å². The van der Waals surface area contributed by atoms with Gasteiger partial charge in [-0.15, -0.1) is 0 Å². The van der Waals surface area contributed by atoms with Gasteiger partial charge in [0, 0.05) is 50.8 Å². The third kappa shape index (κ3) is 5.27. The second kappa shape index (κ2) is 9.94. The van der Waals surface area contributed by atoms with E-state index in [1.165, 1.54) is 0 Å². The van der Waals surface area contributed by atoms with Crippen molar-refractivity contribution in [2.45, 2.75) is 39.7 Å². The fourth-order valence-electron chi connectivity index (χ4n) is 4.31. The van der Waals surface area contributed by atoms with Gasteiger partial charge < -0.3 is 14.8 Å². The van der Waals surface area contributed by atoms with Crippen LogP contribution in [0.25, 0.3) is 0 Å². The van der Waals surface area contributed by atoms with Gasteiger partial charge in [-0.1, -0.05) is 12.1 Å². The van der Waals surface area contributed by atoms with Crippen molar-refractivity contribution in [2.24, 2.45) is 5.92 Å². The molecule has 0 unspecified atom stereocenters. The van der Waals surface area contributed by atoms with Gasteiger partial charge in [0.05, 0.1) is 11.3 Å². The summed E-state index contributed by atoms with van der Waals surface area (Å²) in [7, 11) is 1.61. The molecule has 0 aliphatic carbocycles. The lowest BCUT2D eigenvalue weighted by atomic mass is 9.90. The lowest BCUT2D eigenvalue weighted by molar-refractivity contribution is 0.0690. The summed E-state index contributed by atoms with van der Waals surface area (Å²) < 4.78 is 2.08. The van der Waals surface area contributed by atoms with Crippen LogP contribution in [0, 0.1) is 19.8 Å². The number of rotatable bonds is 6. The molecule has 172 valence electrons. The standard InChI is InChI=1S/C25H30N6O2/c1-17-28-15-22(24(32)26-3)23(29-17)14-19-8-11-30(12-9-19)25(33)21-6-4-20(5-7-21)16-31-13-10-27-18(31)2/h4-7,10,13,15,19H,8-9,11-12,14,16H2,1-3H3,(H,26,32). The van der Waals surface area contributed by atoms with E-state index < -0.39 is 0 Å². The number of amides is 2. The minimum atomic E-state index is -0.163. The maximum Gasteiger partial charge on any atom is 0.254 e. The number of likely N-dealkylation sites (tertiary alicyclic amines) is 1. The van der Waals surface area contributed by atoms with Crippen molar-refractivity contribution in [2.75, 3.05) is 20.1 Å². The number of imidazole rings is 1. The van der Waals surface area contributed by atoms with Gasteiger partial charge in [-0.05, 0) is 56.7 Å². The molecule has 8 heteroatoms. The molecule has 1 fully saturated rings. The van der Waals surface area contributed by atoms with Gasteiger partial charge in [-0.3, -0.25) is 9.59 Å². The minimum Gasteiger partial charge on any atom is -0.355 e. The summed E-state index contributed by atoms with van der Waals surface area (Å²) in [5.74, 6) is 1.93. The normalized spacial score (nSPS) is 14.3. The lowest BCUT2D eigenvalue weighted by Gasteiger charge is -2.32. The average Bonchev–Trinajstić information content (AvgIpc) is 3.23. The summed E-state index contributed by atoms with van der Waals surface area (Å²) in [6, 6.07) is 7.85. The smallest absolute Gasteiger partial charge is 0.254 e. The van der Waals surface area contributed by atoms with Crippen LogP contribution in [-0.2, 0) is 13.0 Å². The molecule has 2 amide bonds. The van der Waals surface area contributed by atoms with Crippen molar-refractivity contribution in [1.82, 2.24) is 29.7 Å². The highest BCUT2D eigenvalue weighted by atomic mass is 16.2. The van der Waals surface area contributed by atoms with Crippen molar-refractivity contribution in [3.05, 3.63) is 76.9 Å². The van der Waals surface area contributed by atoms with E-state index in [0.717, 1.165) is 42.9 Å². The maximum atomic E-state index is 13.0. The Morgan fingerprint density at radius 1 is 1.09 bits per heavy atom. The Hall–Kier alpha value is -3.55. The van der Waals surface area contributed by atoms with E-state index in [4.69, 9.17) is 0 Å². The Morgan fingerprint density at radius 2 is 1.82 bits per heavy atom. The third-order valence-electron chi connectivity index (χ3n) is 6.32. The largest absolute Gasteiger partial charge is 0.355 e. The van der Waals surface area contributed by atoms with E-state index >= 15 is 0 Å². The Kier molecular flexibility index (Phi) is 6.82. The van der Waals surface area contributed by atoms with Crippen LogP contribution < -0.4 is 5.32 Å². The SMILES string of the molecule is CNC(=O)c1cnc(C)nc1CC1CCN(C(=O)c2ccc(Cn3ccnc3C)cc2)CC1. The highest BCUT2D eigenvalue weighted by Crippen LogP contribution is 2.24. The van der Waals surface area contributed by atoms with Crippen molar-refractivity contribution in [1.29, 1.82) is 0 Å². The molecule has 1 aliphatic heterocycles. The molecule has 0 bridgehead atoms. The Morgan fingerprint density at radius 3 is 2.45 bits per heavy atom. The van der Waals surface area contributed by atoms with Crippen LogP contribution in [0.2, 0.25) is 0 Å². The van der Waals surface area contributed by atoms with E-state index in [0.29, 0.717) is 36.0 Å². The molecule has 1 saturated heterocycles. The number of aryl methyl sites for hydroxylation is 2. The zero-order valence-electron chi connectivity index (χ0n) is 19.4. The summed E-state index contributed by atoms with van der Waals surface area (Å²) >= 11 is 0. The summed E-state index contributed by atoms with van der Waals surface area (Å²) in [6.45, 7) is 5.97. The van der Waals surface area contributed by atoms with Crippen LogP contribution in [0.1, 0.15) is 56.5 Å². The summed E-state index contributed by atoms with van der Waals surface area (Å²) in [4.78, 5) is 40.0. The highest BCUT2D eigenvalue weighted by molar-refractivity contribution is 5.95. The molecular weight excluding hydrogens is 416 g/mol. The number of nitrogens with zero attached hydrogens (tertiary/aromatic N) is 5. The van der Waals surface area contributed by atoms with E-state index in [1.807, 2.05) is 49.2 Å². The molecule has 3 aromatic rings. The van der Waals surface area contributed by atoms with Crippen LogP contribution >= 0.6 is 0 Å². The Balaban J connectivity index is 1.34. The van der Waals surface area contributed by atoms with E-state index in [1.54, 1.807) is 19.4 Å². The summed E-state index contributed by atoms with van der Waals surface area (Å²) in [5, 5.41) is 2.66. The highest BCUT2D eigenvalue weighted by Gasteiger charge is 2.25. The molecule has 0 saturated carbocycles. The van der Waals surface area contributed by atoms with Gasteiger partial charge in [0.1, 0.15) is 11.6 Å². The fraction of sp³-hybridized carbons (Fsp3) is 0.400. The first-order chi connectivity index (χ1) is 15.9. The van der Waals surface area contributed by atoms with Crippen LogP contribution in [0.3, 0.4) is 0 Å². The first-order valence-corrected chi connectivity index (χ1v) is 11.3. The average molecular weight is 447 g/mol. The van der Waals surface area contributed by atoms with Gasteiger partial charge in [-0.25, -0.2) is 15.0 Å². The molecule has 33 heavy (non-hydrogen) atoms. The van der Waals surface area contributed by atoms with Crippen molar-refractivity contribution >= 4 is 11.8 Å². The van der Waals surface area contributed by atoms with Gasteiger partial charge >= 0.3 is 0 Å². The summed E-state index contributed by atoms with van der Waals surface area (Å²) in [6.07, 6.45) is 7.85. The minimum absolute atomic E-state index is 0.0720. The second-order valence-corrected chi connectivity index (χ2v) is 8.60. The van der Waals surface area contributed by atoms with Crippen molar-refractivity contribution < 1.29 is 9.59 Å². The molecule has 3 heterocycles. The quantitative estimate of drug-likeness (QED) is 0.629. The molecule has 0 spiro atoms. The topological polar surface area (TPSA) is 93.0 Å². The molecule has 2 aromatic heterocycles. The number of benzene rings is 1. The number of hydrogen-bond donors (Lipinski definition) is 1. The van der Waals surface area contributed by atoms with Gasteiger partial charge in [0.25, 0.3) is 11.8 Å². The Bertz CT molecular complexity index is 1130. The van der Waals surface area contributed by atoms with Gasteiger partial charge in [0.15, 0.2) is 0 Å². The first kappa shape index (κ1) is 22.6. The third-order valence-corrected chi connectivity index (χ3v) is 6.32. The maximum absolute atomic E-state index is 13.0. The molecule has 4 rings (SSSR count). The van der Waals surface area contributed by atoms with E-state index in [9.17, 15) is 9.59 Å². The van der Waals surface area contributed by atoms with Crippen LogP contribution in [0.5, 0.6) is 0 Å². The van der Waals surface area contributed by atoms with Crippen LogP contribution in [0.4, 0.5) is 0 Å². The number of aromatic nitrogens is 4.